The number of nitrogens with one attached hydrogen (secondary N) is 1. The number of hydrogen-bond acceptors (Lipinski definition) is 3. The zero-order valence-corrected chi connectivity index (χ0v) is 10.9. The second-order valence-electron chi connectivity index (χ2n) is 3.62. The van der Waals surface area contributed by atoms with Gasteiger partial charge in [0.05, 0.1) is 17.5 Å². The van der Waals surface area contributed by atoms with Crippen molar-refractivity contribution in [2.24, 2.45) is 11.7 Å². The molecule has 0 bridgehead atoms. The highest BCUT2D eigenvalue weighted by Crippen LogP contribution is 2.02. The third kappa shape index (κ3) is 6.74. The fraction of sp³-hybridized carbons (Fsp3) is 0.818. The number of nitrogens with two attached hydrogens (primary N) is 1. The molecule has 0 spiro atoms. The zero-order valence-electron chi connectivity index (χ0n) is 10.1. The molecule has 5 heteroatoms. The molecule has 0 saturated carbocycles. The molecule has 0 rings (SSSR count). The fourth-order valence-corrected chi connectivity index (χ4v) is 1.51. The van der Waals surface area contributed by atoms with Gasteiger partial charge in [-0.2, -0.15) is 0 Å². The van der Waals surface area contributed by atoms with Crippen molar-refractivity contribution in [3.63, 3.8) is 0 Å². The first-order valence-corrected chi connectivity index (χ1v) is 6.19. The smallest absolute Gasteiger partial charge is 0.230 e. The van der Waals surface area contributed by atoms with Crippen LogP contribution in [-0.4, -0.2) is 30.7 Å². The molecule has 0 aliphatic carbocycles. The van der Waals surface area contributed by atoms with E-state index in [2.05, 4.69) is 12.2 Å². The average Bonchev–Trinajstić information content (AvgIpc) is 2.23. The molecule has 0 aromatic carbocycles. The van der Waals surface area contributed by atoms with Gasteiger partial charge in [-0.3, -0.25) is 4.79 Å². The normalized spacial score (nSPS) is 12.1. The Labute approximate surface area is 103 Å². The molecule has 16 heavy (non-hydrogen) atoms. The summed E-state index contributed by atoms with van der Waals surface area (Å²) in [5, 5.41) is 2.76. The molecule has 1 unspecified atom stereocenters. The van der Waals surface area contributed by atoms with Crippen LogP contribution < -0.4 is 11.1 Å². The van der Waals surface area contributed by atoms with Crippen molar-refractivity contribution >= 4 is 23.1 Å². The maximum atomic E-state index is 11.6. The molecule has 1 amide bonds. The monoisotopic (exact) mass is 246 g/mol. The van der Waals surface area contributed by atoms with Crippen molar-refractivity contribution in [1.29, 1.82) is 0 Å². The Morgan fingerprint density at radius 2 is 2.12 bits per heavy atom. The predicted octanol–water partition coefficient (Wildman–Crippen LogP) is 1.23. The number of carbonyl (C=O) groups excluding carboxylic acids is 1. The van der Waals surface area contributed by atoms with E-state index in [-0.39, 0.29) is 16.8 Å². The Bertz CT molecular complexity index is 222. The summed E-state index contributed by atoms with van der Waals surface area (Å²) in [5.74, 6) is -0.459. The molecular formula is C11H22N2O2S. The van der Waals surface area contributed by atoms with Crippen LogP contribution in [0.25, 0.3) is 0 Å². The molecular weight excluding hydrogens is 224 g/mol. The fourth-order valence-electron chi connectivity index (χ4n) is 1.23. The number of thiocarbonyl (C=S) groups is 1. The third-order valence-corrected chi connectivity index (χ3v) is 2.54. The second-order valence-corrected chi connectivity index (χ2v) is 4.09. The summed E-state index contributed by atoms with van der Waals surface area (Å²) >= 11 is 4.81. The molecule has 0 fully saturated rings. The standard InChI is InChI=1S/C11H22N2O2S/c1-3-5-7-15-8-6-13-11(14)9(4-2)10(12)16/h9H,3-8H2,1-2H3,(H2,12,16)(H,13,14). The van der Waals surface area contributed by atoms with E-state index in [0.717, 1.165) is 19.4 Å². The molecule has 0 aliphatic rings. The lowest BCUT2D eigenvalue weighted by Crippen LogP contribution is -2.38. The molecule has 0 aromatic rings. The van der Waals surface area contributed by atoms with Crippen LogP contribution in [0.15, 0.2) is 0 Å². The van der Waals surface area contributed by atoms with E-state index >= 15 is 0 Å². The van der Waals surface area contributed by atoms with E-state index < -0.39 is 0 Å². The summed E-state index contributed by atoms with van der Waals surface area (Å²) in [6.45, 7) is 5.81. The number of ether oxygens (including phenoxy) is 1. The van der Waals surface area contributed by atoms with E-state index in [1.807, 2.05) is 6.92 Å². The topological polar surface area (TPSA) is 64.3 Å². The van der Waals surface area contributed by atoms with Gasteiger partial charge in [-0.05, 0) is 12.8 Å². The Morgan fingerprint density at radius 3 is 2.62 bits per heavy atom. The van der Waals surface area contributed by atoms with Crippen LogP contribution in [0.5, 0.6) is 0 Å². The summed E-state index contributed by atoms with van der Waals surface area (Å²) in [6.07, 6.45) is 2.81. The van der Waals surface area contributed by atoms with Crippen LogP contribution in [-0.2, 0) is 9.53 Å². The molecule has 1 atom stereocenters. The Balaban J connectivity index is 3.60. The van der Waals surface area contributed by atoms with E-state index in [0.29, 0.717) is 19.6 Å². The van der Waals surface area contributed by atoms with Gasteiger partial charge in [-0.15, -0.1) is 0 Å². The SMILES string of the molecule is CCCCOCCNC(=O)C(CC)C(N)=S. The summed E-state index contributed by atoms with van der Waals surface area (Å²) in [4.78, 5) is 11.8. The minimum Gasteiger partial charge on any atom is -0.393 e. The number of rotatable bonds is 9. The molecule has 0 aliphatic heterocycles. The van der Waals surface area contributed by atoms with Gasteiger partial charge >= 0.3 is 0 Å². The average molecular weight is 246 g/mol. The Kier molecular flexibility index (Phi) is 9.13. The van der Waals surface area contributed by atoms with E-state index in [1.165, 1.54) is 0 Å². The van der Waals surface area contributed by atoms with Gasteiger partial charge in [-0.1, -0.05) is 32.5 Å². The lowest BCUT2D eigenvalue weighted by Gasteiger charge is -2.13. The highest BCUT2D eigenvalue weighted by Gasteiger charge is 2.18. The van der Waals surface area contributed by atoms with Gasteiger partial charge < -0.3 is 15.8 Å². The van der Waals surface area contributed by atoms with Crippen LogP contribution in [0.3, 0.4) is 0 Å². The highest BCUT2D eigenvalue weighted by atomic mass is 32.1. The Morgan fingerprint density at radius 1 is 1.44 bits per heavy atom. The molecule has 0 heterocycles. The summed E-state index contributed by atoms with van der Waals surface area (Å²) in [6, 6.07) is 0. The van der Waals surface area contributed by atoms with Crippen LogP contribution in [0, 0.1) is 5.92 Å². The maximum absolute atomic E-state index is 11.6. The van der Waals surface area contributed by atoms with Crippen LogP contribution in [0.2, 0.25) is 0 Å². The Hall–Kier alpha value is -0.680. The van der Waals surface area contributed by atoms with Gasteiger partial charge in [0.15, 0.2) is 0 Å². The maximum Gasteiger partial charge on any atom is 0.230 e. The summed E-state index contributed by atoms with van der Waals surface area (Å²) < 4.78 is 5.32. The molecule has 0 saturated heterocycles. The van der Waals surface area contributed by atoms with E-state index in [9.17, 15) is 4.79 Å². The third-order valence-electron chi connectivity index (χ3n) is 2.26. The van der Waals surface area contributed by atoms with Crippen molar-refractivity contribution in [1.82, 2.24) is 5.32 Å². The van der Waals surface area contributed by atoms with Crippen LogP contribution >= 0.6 is 12.2 Å². The largest absolute Gasteiger partial charge is 0.393 e. The van der Waals surface area contributed by atoms with Gasteiger partial charge in [0, 0.05) is 13.2 Å². The molecule has 3 N–H and O–H groups in total. The first kappa shape index (κ1) is 15.3. The minimum atomic E-state index is -0.356. The van der Waals surface area contributed by atoms with Crippen molar-refractivity contribution in [3.8, 4) is 0 Å². The lowest BCUT2D eigenvalue weighted by molar-refractivity contribution is -0.123. The number of carbonyl (C=O) groups is 1. The molecule has 4 nitrogen and oxygen atoms in total. The van der Waals surface area contributed by atoms with Crippen molar-refractivity contribution < 1.29 is 9.53 Å². The predicted molar refractivity (Wildman–Crippen MR) is 69.3 cm³/mol. The number of hydrogen-bond donors (Lipinski definition) is 2. The van der Waals surface area contributed by atoms with Crippen LogP contribution in [0.4, 0.5) is 0 Å². The molecule has 0 aromatic heterocycles. The highest BCUT2D eigenvalue weighted by molar-refractivity contribution is 7.80. The summed E-state index contributed by atoms with van der Waals surface area (Å²) in [7, 11) is 0. The van der Waals surface area contributed by atoms with Crippen LogP contribution in [0.1, 0.15) is 33.1 Å². The molecule has 94 valence electrons. The quantitative estimate of drug-likeness (QED) is 0.474. The summed E-state index contributed by atoms with van der Waals surface area (Å²) in [5.41, 5.74) is 5.46. The van der Waals surface area contributed by atoms with Gasteiger partial charge in [0.25, 0.3) is 0 Å². The van der Waals surface area contributed by atoms with Gasteiger partial charge in [-0.25, -0.2) is 0 Å². The zero-order chi connectivity index (χ0) is 12.4. The first-order valence-electron chi connectivity index (χ1n) is 5.78. The second kappa shape index (κ2) is 9.54. The van der Waals surface area contributed by atoms with Crippen molar-refractivity contribution in [3.05, 3.63) is 0 Å². The van der Waals surface area contributed by atoms with Gasteiger partial charge in [0.1, 0.15) is 0 Å². The first-order chi connectivity index (χ1) is 7.63. The molecule has 0 radical (unpaired) electrons. The van der Waals surface area contributed by atoms with Gasteiger partial charge in [0.2, 0.25) is 5.91 Å². The van der Waals surface area contributed by atoms with E-state index in [4.69, 9.17) is 22.7 Å². The number of unbranched alkanes of at least 4 members (excludes halogenated alkanes) is 1. The lowest BCUT2D eigenvalue weighted by atomic mass is 10.1. The minimum absolute atomic E-state index is 0.103. The van der Waals surface area contributed by atoms with E-state index in [1.54, 1.807) is 0 Å². The van der Waals surface area contributed by atoms with Crippen molar-refractivity contribution in [2.75, 3.05) is 19.8 Å². The number of amides is 1. The van der Waals surface area contributed by atoms with Crippen molar-refractivity contribution in [2.45, 2.75) is 33.1 Å².